The van der Waals surface area contributed by atoms with Gasteiger partial charge in [-0.05, 0) is 36.6 Å². The number of hydrogen-bond acceptors (Lipinski definition) is 3. The first kappa shape index (κ1) is 16.9. The van der Waals surface area contributed by atoms with Crippen LogP contribution >= 0.6 is 11.6 Å². The van der Waals surface area contributed by atoms with Crippen LogP contribution in [0, 0.1) is 12.8 Å². The molecular weight excluding hydrogens is 302 g/mol. The van der Waals surface area contributed by atoms with Crippen LogP contribution in [0.3, 0.4) is 0 Å². The second-order valence-corrected chi connectivity index (χ2v) is 7.10. The van der Waals surface area contributed by atoms with Crippen LogP contribution in [0.2, 0.25) is 5.02 Å². The summed E-state index contributed by atoms with van der Waals surface area (Å²) in [4.78, 5) is 10.9. The molecule has 0 aliphatic heterocycles. The molecule has 0 fully saturated rings. The van der Waals surface area contributed by atoms with Gasteiger partial charge in [0.1, 0.15) is 0 Å². The van der Waals surface area contributed by atoms with Gasteiger partial charge in [0.25, 0.3) is 0 Å². The minimum atomic E-state index is -3.77. The smallest absolute Gasteiger partial charge is 0.304 e. The van der Waals surface area contributed by atoms with Crippen molar-refractivity contribution in [2.45, 2.75) is 38.1 Å². The van der Waals surface area contributed by atoms with Crippen molar-refractivity contribution in [3.63, 3.8) is 0 Å². The minimum absolute atomic E-state index is 0.109. The van der Waals surface area contributed by atoms with E-state index in [0.717, 1.165) is 0 Å². The van der Waals surface area contributed by atoms with Crippen molar-refractivity contribution in [3.05, 3.63) is 28.8 Å². The fraction of sp³-hybridized carbons (Fsp3) is 0.462. The molecule has 7 heteroatoms. The number of carbonyl (C=O) groups is 1. The molecule has 0 aliphatic carbocycles. The molecule has 0 saturated heterocycles. The second kappa shape index (κ2) is 6.56. The SMILES string of the molecule is Cc1cc(Cl)ccc1S(=O)(=O)NC(CC(=O)O)C(C)C. The van der Waals surface area contributed by atoms with Crippen LogP contribution < -0.4 is 4.72 Å². The van der Waals surface area contributed by atoms with E-state index in [0.29, 0.717) is 10.6 Å². The molecule has 0 bridgehead atoms. The fourth-order valence-corrected chi connectivity index (χ4v) is 3.62. The third kappa shape index (κ3) is 4.47. The van der Waals surface area contributed by atoms with E-state index in [1.165, 1.54) is 12.1 Å². The zero-order chi connectivity index (χ0) is 15.5. The van der Waals surface area contributed by atoms with Crippen molar-refractivity contribution in [1.29, 1.82) is 0 Å². The summed E-state index contributed by atoms with van der Waals surface area (Å²) in [6.45, 7) is 5.18. The third-order valence-corrected chi connectivity index (χ3v) is 4.82. The Labute approximate surface area is 124 Å². The van der Waals surface area contributed by atoms with E-state index in [4.69, 9.17) is 16.7 Å². The molecule has 1 aromatic rings. The second-order valence-electron chi connectivity index (χ2n) is 4.98. The number of nitrogens with one attached hydrogen (secondary N) is 1. The number of carboxylic acid groups (broad SMARTS) is 1. The van der Waals surface area contributed by atoms with Crippen LogP contribution in [-0.4, -0.2) is 25.5 Å². The van der Waals surface area contributed by atoms with Crippen molar-refractivity contribution in [2.24, 2.45) is 5.92 Å². The molecule has 0 aromatic heterocycles. The maximum absolute atomic E-state index is 12.3. The van der Waals surface area contributed by atoms with Crippen LogP contribution in [-0.2, 0) is 14.8 Å². The average molecular weight is 320 g/mol. The molecule has 0 saturated carbocycles. The number of aliphatic carboxylic acids is 1. The molecule has 0 amide bonds. The molecule has 1 atom stereocenters. The molecule has 0 heterocycles. The van der Waals surface area contributed by atoms with Gasteiger partial charge in [0.15, 0.2) is 0 Å². The summed E-state index contributed by atoms with van der Waals surface area (Å²) in [5.41, 5.74) is 0.517. The summed E-state index contributed by atoms with van der Waals surface area (Å²) < 4.78 is 27.1. The molecular formula is C13H18ClNO4S. The van der Waals surface area contributed by atoms with Crippen molar-refractivity contribution < 1.29 is 18.3 Å². The summed E-state index contributed by atoms with van der Waals surface area (Å²) in [6, 6.07) is 3.80. The third-order valence-electron chi connectivity index (χ3n) is 2.93. The standard InChI is InChI=1S/C13H18ClNO4S/c1-8(2)11(7-13(16)17)15-20(18,19)12-5-4-10(14)6-9(12)3/h4-6,8,11,15H,7H2,1-3H3,(H,16,17). The molecule has 0 spiro atoms. The maximum atomic E-state index is 12.3. The van der Waals surface area contributed by atoms with Crippen LogP contribution in [0.4, 0.5) is 0 Å². The van der Waals surface area contributed by atoms with Crippen LogP contribution in [0.25, 0.3) is 0 Å². The molecule has 0 aliphatic rings. The van der Waals surface area contributed by atoms with Crippen LogP contribution in [0.15, 0.2) is 23.1 Å². The average Bonchev–Trinajstić information content (AvgIpc) is 2.26. The zero-order valence-corrected chi connectivity index (χ0v) is 13.1. The lowest BCUT2D eigenvalue weighted by molar-refractivity contribution is -0.137. The van der Waals surface area contributed by atoms with E-state index in [1.54, 1.807) is 26.8 Å². The summed E-state index contributed by atoms with van der Waals surface area (Å²) >= 11 is 5.80. The first-order valence-corrected chi connectivity index (χ1v) is 8.00. The number of hydrogen-bond donors (Lipinski definition) is 2. The van der Waals surface area contributed by atoms with E-state index in [2.05, 4.69) is 4.72 Å². The number of aryl methyl sites for hydroxylation is 1. The maximum Gasteiger partial charge on any atom is 0.304 e. The molecule has 1 unspecified atom stereocenters. The lowest BCUT2D eigenvalue weighted by Crippen LogP contribution is -2.40. The number of benzene rings is 1. The Kier molecular flexibility index (Phi) is 5.56. The number of sulfonamides is 1. The Hall–Kier alpha value is -1.11. The highest BCUT2D eigenvalue weighted by Gasteiger charge is 2.25. The Bertz CT molecular complexity index is 598. The molecule has 1 aromatic carbocycles. The Balaban J connectivity index is 3.06. The van der Waals surface area contributed by atoms with Gasteiger partial charge in [0.2, 0.25) is 10.0 Å². The zero-order valence-electron chi connectivity index (χ0n) is 11.6. The predicted octanol–water partition coefficient (Wildman–Crippen LogP) is 2.43. The lowest BCUT2D eigenvalue weighted by Gasteiger charge is -2.21. The minimum Gasteiger partial charge on any atom is -0.481 e. The largest absolute Gasteiger partial charge is 0.481 e. The number of halogens is 1. The summed E-state index contributed by atoms with van der Waals surface area (Å²) in [7, 11) is -3.77. The molecule has 0 radical (unpaired) electrons. The van der Waals surface area contributed by atoms with Gasteiger partial charge in [-0.3, -0.25) is 4.79 Å². The van der Waals surface area contributed by atoms with Gasteiger partial charge in [0.05, 0.1) is 11.3 Å². The van der Waals surface area contributed by atoms with Gasteiger partial charge in [-0.15, -0.1) is 0 Å². The van der Waals surface area contributed by atoms with Gasteiger partial charge < -0.3 is 5.11 Å². The van der Waals surface area contributed by atoms with Gasteiger partial charge in [0, 0.05) is 11.1 Å². The highest BCUT2D eigenvalue weighted by Crippen LogP contribution is 2.21. The van der Waals surface area contributed by atoms with Gasteiger partial charge in [-0.25, -0.2) is 13.1 Å². The molecule has 2 N–H and O–H groups in total. The van der Waals surface area contributed by atoms with Crippen LogP contribution in [0.1, 0.15) is 25.8 Å². The van der Waals surface area contributed by atoms with E-state index in [1.807, 2.05) is 0 Å². The lowest BCUT2D eigenvalue weighted by atomic mass is 10.0. The van der Waals surface area contributed by atoms with Crippen molar-refractivity contribution >= 4 is 27.6 Å². The molecule has 112 valence electrons. The predicted molar refractivity (Wildman–Crippen MR) is 77.4 cm³/mol. The fourth-order valence-electron chi connectivity index (χ4n) is 1.78. The Morgan fingerprint density at radius 1 is 1.40 bits per heavy atom. The first-order chi connectivity index (χ1) is 9.13. The topological polar surface area (TPSA) is 83.5 Å². The molecule has 20 heavy (non-hydrogen) atoms. The quantitative estimate of drug-likeness (QED) is 0.843. The van der Waals surface area contributed by atoms with Gasteiger partial charge >= 0.3 is 5.97 Å². The monoisotopic (exact) mass is 319 g/mol. The van der Waals surface area contributed by atoms with Crippen LogP contribution in [0.5, 0.6) is 0 Å². The highest BCUT2D eigenvalue weighted by molar-refractivity contribution is 7.89. The summed E-state index contributed by atoms with van der Waals surface area (Å²) in [5.74, 6) is -1.17. The van der Waals surface area contributed by atoms with Crippen molar-refractivity contribution in [2.75, 3.05) is 0 Å². The Morgan fingerprint density at radius 3 is 2.45 bits per heavy atom. The van der Waals surface area contributed by atoms with Crippen molar-refractivity contribution in [1.82, 2.24) is 4.72 Å². The first-order valence-electron chi connectivity index (χ1n) is 6.13. The van der Waals surface area contributed by atoms with E-state index >= 15 is 0 Å². The number of carboxylic acids is 1. The Morgan fingerprint density at radius 2 is 2.00 bits per heavy atom. The van der Waals surface area contributed by atoms with Gasteiger partial charge in [-0.1, -0.05) is 25.4 Å². The highest BCUT2D eigenvalue weighted by atomic mass is 35.5. The van der Waals surface area contributed by atoms with E-state index in [9.17, 15) is 13.2 Å². The van der Waals surface area contributed by atoms with E-state index in [-0.39, 0.29) is 17.2 Å². The summed E-state index contributed by atoms with van der Waals surface area (Å²) in [5, 5.41) is 9.29. The van der Waals surface area contributed by atoms with Crippen molar-refractivity contribution in [3.8, 4) is 0 Å². The van der Waals surface area contributed by atoms with E-state index < -0.39 is 22.0 Å². The molecule has 5 nitrogen and oxygen atoms in total. The van der Waals surface area contributed by atoms with Gasteiger partial charge in [-0.2, -0.15) is 0 Å². The number of rotatable bonds is 6. The summed E-state index contributed by atoms with van der Waals surface area (Å²) in [6.07, 6.45) is -0.260. The normalized spacial score (nSPS) is 13.4. The molecule has 1 rings (SSSR count).